The summed E-state index contributed by atoms with van der Waals surface area (Å²) in [5.74, 6) is -6.49. The number of Topliss-reactive ketones (excluding diaryl/α,β-unsaturated/α-hetero) is 1. The number of carbonyl (C=O) groups excluding carboxylic acids is 8. The predicted octanol–water partition coefficient (Wildman–Crippen LogP) is 1.92. The number of anilines is 1. The number of ether oxygens (including phenoxy) is 1. The molecule has 0 bridgehead atoms. The number of ketones is 1. The number of rotatable bonds is 7. The van der Waals surface area contributed by atoms with Gasteiger partial charge in [-0.05, 0) is 61.6 Å². The molecule has 3 aliphatic heterocycles. The van der Waals surface area contributed by atoms with E-state index in [1.807, 2.05) is 19.0 Å². The van der Waals surface area contributed by atoms with E-state index in [2.05, 4.69) is 20.9 Å². The normalized spacial score (nSPS) is 25.2. The number of carbonyl (C=O) groups is 8. The van der Waals surface area contributed by atoms with E-state index in [-0.39, 0.29) is 50.1 Å². The first-order chi connectivity index (χ1) is 30.5. The number of likely N-dealkylation sites (N-methyl/N-ethyl adjacent to an activating group) is 1. The molecule has 19 heteroatoms. The van der Waals surface area contributed by atoms with E-state index < -0.39 is 102 Å². The molecule has 0 unspecified atom stereocenters. The van der Waals surface area contributed by atoms with Crippen molar-refractivity contribution in [3.05, 3.63) is 88.7 Å². The summed E-state index contributed by atoms with van der Waals surface area (Å²) in [5.41, 5.74) is 1.13. The van der Waals surface area contributed by atoms with Crippen LogP contribution in [0.4, 0.5) is 5.69 Å². The molecule has 4 heterocycles. The third-order valence-corrected chi connectivity index (χ3v) is 12.2. The highest BCUT2D eigenvalue weighted by Gasteiger charge is 2.46. The zero-order valence-corrected chi connectivity index (χ0v) is 37.0. The van der Waals surface area contributed by atoms with Gasteiger partial charge in [0.2, 0.25) is 29.5 Å². The zero-order valence-electron chi connectivity index (χ0n) is 36.3. The molecule has 3 aromatic rings. The van der Waals surface area contributed by atoms with Crippen molar-refractivity contribution in [1.82, 2.24) is 35.6 Å². The van der Waals surface area contributed by atoms with Crippen molar-refractivity contribution in [3.63, 3.8) is 0 Å². The summed E-state index contributed by atoms with van der Waals surface area (Å²) in [6.45, 7) is 2.95. The number of hydrogen-bond acceptors (Lipinski definition) is 12. The van der Waals surface area contributed by atoms with E-state index in [0.29, 0.717) is 22.7 Å². The Bertz CT molecular complexity index is 2300. The molecular formula is C45H53ClN8O10. The van der Waals surface area contributed by atoms with Gasteiger partial charge in [0.15, 0.2) is 11.7 Å². The highest BCUT2D eigenvalue weighted by molar-refractivity contribution is 6.33. The van der Waals surface area contributed by atoms with E-state index in [1.54, 1.807) is 55.5 Å². The maximum atomic E-state index is 15.0. The highest BCUT2D eigenvalue weighted by Crippen LogP contribution is 2.29. The van der Waals surface area contributed by atoms with Crippen molar-refractivity contribution >= 4 is 64.5 Å². The number of pyridine rings is 1. The van der Waals surface area contributed by atoms with Gasteiger partial charge in [0.25, 0.3) is 5.91 Å². The van der Waals surface area contributed by atoms with Crippen LogP contribution in [0.25, 0.3) is 0 Å². The molecule has 7 atom stereocenters. The van der Waals surface area contributed by atoms with Crippen molar-refractivity contribution < 1.29 is 48.2 Å². The van der Waals surface area contributed by atoms with Gasteiger partial charge >= 0.3 is 5.97 Å². The summed E-state index contributed by atoms with van der Waals surface area (Å²) in [5, 5.41) is 18.6. The quantitative estimate of drug-likeness (QED) is 0.250. The number of nitrogens with one attached hydrogen (secondary N) is 3. The first-order valence-electron chi connectivity index (χ1n) is 21.2. The maximum Gasteiger partial charge on any atom is 0.333 e. The fraction of sp³-hybridized carbons (Fsp3) is 0.444. The molecule has 6 amide bonds. The number of halogens is 1. The Hall–Kier alpha value is -6.56. The largest absolute Gasteiger partial charge is 0.505 e. The second-order valence-electron chi connectivity index (χ2n) is 16.4. The lowest BCUT2D eigenvalue weighted by Crippen LogP contribution is -2.61. The average Bonchev–Trinajstić information content (AvgIpc) is 3.77. The molecule has 3 saturated heterocycles. The average molecular weight is 901 g/mol. The van der Waals surface area contributed by atoms with Crippen molar-refractivity contribution in [2.75, 3.05) is 39.1 Å². The van der Waals surface area contributed by atoms with E-state index in [9.17, 15) is 38.7 Å². The number of amides is 6. The van der Waals surface area contributed by atoms with Crippen LogP contribution in [-0.4, -0.2) is 143 Å². The molecule has 4 N–H and O–H groups in total. The Kier molecular flexibility index (Phi) is 14.9. The van der Waals surface area contributed by atoms with Gasteiger partial charge in [-0.3, -0.25) is 33.6 Å². The number of esters is 1. The fourth-order valence-corrected chi connectivity index (χ4v) is 8.68. The number of nitrogens with zero attached hydrogens (tertiary/aromatic N) is 5. The molecule has 0 saturated carbocycles. The Balaban J connectivity index is 1.44. The second-order valence-corrected chi connectivity index (χ2v) is 16.8. The minimum Gasteiger partial charge on any atom is -0.505 e. The van der Waals surface area contributed by atoms with E-state index >= 15 is 4.79 Å². The van der Waals surface area contributed by atoms with Gasteiger partial charge in [0, 0.05) is 59.7 Å². The Morgan fingerprint density at radius 3 is 2.31 bits per heavy atom. The summed E-state index contributed by atoms with van der Waals surface area (Å²) in [7, 11) is 5.10. The van der Waals surface area contributed by atoms with Crippen molar-refractivity contribution in [3.8, 4) is 5.75 Å². The van der Waals surface area contributed by atoms with Crippen LogP contribution in [0.2, 0.25) is 5.02 Å². The molecular weight excluding hydrogens is 848 g/mol. The summed E-state index contributed by atoms with van der Waals surface area (Å²) in [4.78, 5) is 123. The number of aromatic nitrogens is 1. The number of benzene rings is 2. The molecule has 64 heavy (non-hydrogen) atoms. The van der Waals surface area contributed by atoms with Gasteiger partial charge in [-0.1, -0.05) is 54.9 Å². The number of aromatic hydroxyl groups is 1. The van der Waals surface area contributed by atoms with Crippen LogP contribution in [0, 0.1) is 0 Å². The standard InChI is InChI=1S/C45H53ClN8O10/c1-6-30-42(60)53-20-11-14-32(53)43(61)52(5)34(23-26-16-17-31(51(3)4)29(46)22-26)44(62)54-21-18-28(55)24-33(54)39(57)50-37(27-12-8-7-9-13-27)45(63)64-25(2)36(40(58)48-30)49-41(59)38-35(56)15-10-19-47-38/h7-10,12-13,15-17,19,22,25,30,32-34,36-37,56H,6,11,14,18,20-21,23-24H2,1-5H3,(H,48,58)(H,49,59)(H,50,57)/t25-,30-,32+,33+,34+,36+,37+/m1/s1. The minimum atomic E-state index is -1.69. The lowest BCUT2D eigenvalue weighted by atomic mass is 9.95. The van der Waals surface area contributed by atoms with Crippen LogP contribution < -0.4 is 20.9 Å². The third-order valence-electron chi connectivity index (χ3n) is 11.9. The smallest absolute Gasteiger partial charge is 0.333 e. The molecule has 3 fully saturated rings. The number of cyclic esters (lactones) is 1. The van der Waals surface area contributed by atoms with Gasteiger partial charge < -0.3 is 45.4 Å². The Morgan fingerprint density at radius 2 is 1.64 bits per heavy atom. The van der Waals surface area contributed by atoms with Gasteiger partial charge in [-0.25, -0.2) is 9.78 Å². The SMILES string of the molecule is CC[C@H]1NC(=O)[C@@H](NC(=O)c2ncccc2O)[C@@H](C)OC(=O)[C@H](c2ccccc2)NC(=O)[C@@H]2CC(=O)CCN2C(=O)[C@H](Cc2ccc(N(C)C)c(Cl)c2)N(C)C(=O)[C@@H]2CCCN2C1=O. The van der Waals surface area contributed by atoms with E-state index in [0.717, 1.165) is 0 Å². The lowest BCUT2D eigenvalue weighted by Gasteiger charge is -2.40. The monoisotopic (exact) mass is 900 g/mol. The van der Waals surface area contributed by atoms with E-state index in [4.69, 9.17) is 16.3 Å². The zero-order chi connectivity index (χ0) is 46.4. The molecule has 3 aliphatic rings. The molecule has 2 aromatic carbocycles. The van der Waals surface area contributed by atoms with Gasteiger partial charge in [-0.15, -0.1) is 0 Å². The van der Waals surface area contributed by atoms with Crippen molar-refractivity contribution in [2.24, 2.45) is 0 Å². The Morgan fingerprint density at radius 1 is 0.922 bits per heavy atom. The molecule has 0 spiro atoms. The van der Waals surface area contributed by atoms with Crippen LogP contribution in [0.15, 0.2) is 66.9 Å². The number of fused-ring (bicyclic) bond motifs is 2. The Labute approximate surface area is 375 Å². The van der Waals surface area contributed by atoms with Crippen LogP contribution in [-0.2, 0) is 44.7 Å². The first-order valence-corrected chi connectivity index (χ1v) is 21.5. The van der Waals surface area contributed by atoms with Gasteiger partial charge in [0.05, 0.1) is 10.7 Å². The van der Waals surface area contributed by atoms with Crippen LogP contribution in [0.1, 0.15) is 73.6 Å². The molecule has 6 rings (SSSR count). The van der Waals surface area contributed by atoms with Crippen molar-refractivity contribution in [2.45, 2.75) is 94.7 Å². The van der Waals surface area contributed by atoms with Gasteiger partial charge in [0.1, 0.15) is 47.8 Å². The summed E-state index contributed by atoms with van der Waals surface area (Å²) >= 11 is 6.66. The molecule has 0 radical (unpaired) electrons. The number of piperidine rings is 1. The van der Waals surface area contributed by atoms with E-state index in [1.165, 1.54) is 47.0 Å². The highest BCUT2D eigenvalue weighted by atomic mass is 35.5. The summed E-state index contributed by atoms with van der Waals surface area (Å²) < 4.78 is 5.85. The maximum absolute atomic E-state index is 15.0. The number of hydrogen-bond donors (Lipinski definition) is 4. The van der Waals surface area contributed by atoms with Gasteiger partial charge in [-0.2, -0.15) is 0 Å². The van der Waals surface area contributed by atoms with Crippen LogP contribution >= 0.6 is 11.6 Å². The minimum absolute atomic E-state index is 0.0513. The molecule has 0 aliphatic carbocycles. The van der Waals surface area contributed by atoms with Crippen LogP contribution in [0.5, 0.6) is 5.75 Å². The molecule has 340 valence electrons. The predicted molar refractivity (Wildman–Crippen MR) is 233 cm³/mol. The summed E-state index contributed by atoms with van der Waals surface area (Å²) in [6.07, 6.45) is -0.0215. The second kappa shape index (κ2) is 20.3. The fourth-order valence-electron chi connectivity index (χ4n) is 8.31. The lowest BCUT2D eigenvalue weighted by molar-refractivity contribution is -0.156. The summed E-state index contributed by atoms with van der Waals surface area (Å²) in [6, 6.07) is 7.67. The third kappa shape index (κ3) is 10.3. The topological polar surface area (TPSA) is 228 Å². The molecule has 1 aromatic heterocycles. The van der Waals surface area contributed by atoms with Crippen LogP contribution in [0.3, 0.4) is 0 Å². The van der Waals surface area contributed by atoms with Crippen molar-refractivity contribution in [1.29, 1.82) is 0 Å². The molecule has 18 nitrogen and oxygen atoms in total. The first kappa shape index (κ1) is 46.9.